The molecule has 19 heavy (non-hydrogen) atoms. The third-order valence-electron chi connectivity index (χ3n) is 2.71. The van der Waals surface area contributed by atoms with Gasteiger partial charge in [-0.15, -0.1) is 11.3 Å². The summed E-state index contributed by atoms with van der Waals surface area (Å²) in [5.41, 5.74) is 2.62. The van der Waals surface area contributed by atoms with E-state index in [1.54, 1.807) is 22.9 Å². The molecule has 5 heteroatoms. The van der Waals surface area contributed by atoms with Crippen molar-refractivity contribution in [3.8, 4) is 0 Å². The Kier molecular flexibility index (Phi) is 5.03. The number of nitrogens with one attached hydrogen (secondary N) is 1. The molecule has 3 nitrogen and oxygen atoms in total. The third-order valence-corrected chi connectivity index (χ3v) is 3.55. The molecule has 0 saturated carbocycles. The van der Waals surface area contributed by atoms with Crippen molar-refractivity contribution in [2.45, 2.75) is 19.3 Å². The molecule has 0 atom stereocenters. The predicted octanol–water partition coefficient (Wildman–Crippen LogP) is 2.57. The number of carbonyl (C=O) groups excluding carboxylic acids is 1. The number of aryl methyl sites for hydroxylation is 1. The molecule has 0 bridgehead atoms. The Hall–Kier alpha value is -1.75. The third kappa shape index (κ3) is 4.79. The van der Waals surface area contributed by atoms with Crippen molar-refractivity contribution in [1.82, 2.24) is 10.3 Å². The van der Waals surface area contributed by atoms with E-state index in [2.05, 4.69) is 10.3 Å². The van der Waals surface area contributed by atoms with Crippen molar-refractivity contribution < 1.29 is 9.18 Å². The van der Waals surface area contributed by atoms with E-state index in [0.717, 1.165) is 16.9 Å². The lowest BCUT2D eigenvalue weighted by Gasteiger charge is -2.04. The van der Waals surface area contributed by atoms with Crippen LogP contribution >= 0.6 is 11.3 Å². The van der Waals surface area contributed by atoms with E-state index in [4.69, 9.17) is 0 Å². The van der Waals surface area contributed by atoms with E-state index < -0.39 is 0 Å². The monoisotopic (exact) mass is 278 g/mol. The molecule has 2 rings (SSSR count). The average Bonchev–Trinajstić information content (AvgIpc) is 2.90. The van der Waals surface area contributed by atoms with E-state index in [0.29, 0.717) is 19.4 Å². The summed E-state index contributed by atoms with van der Waals surface area (Å²) in [6.45, 7) is 0.615. The summed E-state index contributed by atoms with van der Waals surface area (Å²) in [6.07, 6.45) is 3.55. The van der Waals surface area contributed by atoms with Crippen molar-refractivity contribution >= 4 is 17.2 Å². The van der Waals surface area contributed by atoms with Gasteiger partial charge in [-0.2, -0.15) is 0 Å². The number of carbonyl (C=O) groups is 1. The number of thiazole rings is 1. The fraction of sp³-hybridized carbons (Fsp3) is 0.286. The van der Waals surface area contributed by atoms with Gasteiger partial charge in [0.15, 0.2) is 0 Å². The molecule has 1 aromatic heterocycles. The molecule has 1 aromatic carbocycles. The number of hydrogen-bond acceptors (Lipinski definition) is 3. The maximum Gasteiger partial charge on any atom is 0.220 e. The standard InChI is InChI=1S/C14H15FN2OS/c15-12-3-1-2-11(8-12)4-5-14(18)17-7-6-13-9-16-10-19-13/h1-3,8-10H,4-7H2,(H,17,18). The summed E-state index contributed by atoms with van der Waals surface area (Å²) in [5, 5.41) is 2.85. The Morgan fingerprint density at radius 2 is 2.26 bits per heavy atom. The summed E-state index contributed by atoms with van der Waals surface area (Å²) in [5.74, 6) is -0.267. The summed E-state index contributed by atoms with van der Waals surface area (Å²) in [6, 6.07) is 6.35. The van der Waals surface area contributed by atoms with Crippen LogP contribution in [0.2, 0.25) is 0 Å². The second kappa shape index (κ2) is 6.99. The molecule has 0 fully saturated rings. The van der Waals surface area contributed by atoms with Gasteiger partial charge >= 0.3 is 0 Å². The zero-order valence-corrected chi connectivity index (χ0v) is 11.3. The number of nitrogens with zero attached hydrogens (tertiary/aromatic N) is 1. The Morgan fingerprint density at radius 3 is 3.00 bits per heavy atom. The summed E-state index contributed by atoms with van der Waals surface area (Å²) in [7, 11) is 0. The maximum absolute atomic E-state index is 12.9. The van der Waals surface area contributed by atoms with Gasteiger partial charge in [0.2, 0.25) is 5.91 Å². The molecular weight excluding hydrogens is 263 g/mol. The quantitative estimate of drug-likeness (QED) is 0.882. The van der Waals surface area contributed by atoms with Crippen molar-refractivity contribution in [1.29, 1.82) is 0 Å². The van der Waals surface area contributed by atoms with Gasteiger partial charge in [0, 0.05) is 30.5 Å². The highest BCUT2D eigenvalue weighted by atomic mass is 32.1. The second-order valence-electron chi connectivity index (χ2n) is 4.20. The van der Waals surface area contributed by atoms with Crippen LogP contribution in [0.1, 0.15) is 16.9 Å². The fourth-order valence-electron chi connectivity index (χ4n) is 1.73. The molecule has 1 N–H and O–H groups in total. The SMILES string of the molecule is O=C(CCc1cccc(F)c1)NCCc1cncs1. The highest BCUT2D eigenvalue weighted by Gasteiger charge is 2.03. The Morgan fingerprint density at radius 1 is 1.37 bits per heavy atom. The minimum Gasteiger partial charge on any atom is -0.356 e. The number of halogens is 1. The molecule has 0 spiro atoms. The Bertz CT molecular complexity index is 528. The molecule has 2 aromatic rings. The molecule has 1 amide bonds. The fourth-order valence-corrected chi connectivity index (χ4v) is 2.33. The van der Waals surface area contributed by atoms with E-state index in [-0.39, 0.29) is 11.7 Å². The van der Waals surface area contributed by atoms with Gasteiger partial charge in [0.1, 0.15) is 5.82 Å². The van der Waals surface area contributed by atoms with Gasteiger partial charge < -0.3 is 5.32 Å². The van der Waals surface area contributed by atoms with Gasteiger partial charge in [-0.25, -0.2) is 4.39 Å². The lowest BCUT2D eigenvalue weighted by atomic mass is 10.1. The number of rotatable bonds is 6. The first kappa shape index (κ1) is 13.7. The van der Waals surface area contributed by atoms with Crippen molar-refractivity contribution in [3.05, 3.63) is 52.2 Å². The minimum atomic E-state index is -0.261. The molecule has 0 aliphatic rings. The Balaban J connectivity index is 1.67. The molecule has 0 aliphatic carbocycles. The molecule has 0 saturated heterocycles. The zero-order chi connectivity index (χ0) is 13.5. The van der Waals surface area contributed by atoms with Crippen molar-refractivity contribution in [2.24, 2.45) is 0 Å². The largest absolute Gasteiger partial charge is 0.356 e. The summed E-state index contributed by atoms with van der Waals surface area (Å²) < 4.78 is 12.9. The molecule has 0 radical (unpaired) electrons. The first-order valence-corrected chi connectivity index (χ1v) is 7.00. The lowest BCUT2D eigenvalue weighted by Crippen LogP contribution is -2.25. The molecule has 1 heterocycles. The van der Waals surface area contributed by atoms with Crippen LogP contribution in [0.25, 0.3) is 0 Å². The van der Waals surface area contributed by atoms with Crippen LogP contribution in [0.15, 0.2) is 36.0 Å². The average molecular weight is 278 g/mol. The molecular formula is C14H15FN2OS. The molecule has 0 unspecified atom stereocenters. The first-order chi connectivity index (χ1) is 9.24. The highest BCUT2D eigenvalue weighted by Crippen LogP contribution is 2.07. The number of aromatic nitrogens is 1. The smallest absolute Gasteiger partial charge is 0.220 e. The van der Waals surface area contributed by atoms with Crippen LogP contribution < -0.4 is 5.32 Å². The number of benzene rings is 1. The van der Waals surface area contributed by atoms with Crippen LogP contribution in [0, 0.1) is 5.82 Å². The van der Waals surface area contributed by atoms with Gasteiger partial charge in [0.05, 0.1) is 5.51 Å². The molecule has 0 aliphatic heterocycles. The summed E-state index contributed by atoms with van der Waals surface area (Å²) >= 11 is 1.58. The van der Waals surface area contributed by atoms with Crippen LogP contribution in [-0.4, -0.2) is 17.4 Å². The predicted molar refractivity (Wildman–Crippen MR) is 73.5 cm³/mol. The van der Waals surface area contributed by atoms with Crippen LogP contribution in [0.4, 0.5) is 4.39 Å². The Labute approximate surface area is 115 Å². The summed E-state index contributed by atoms with van der Waals surface area (Å²) in [4.78, 5) is 16.7. The zero-order valence-electron chi connectivity index (χ0n) is 10.4. The van der Waals surface area contributed by atoms with Crippen LogP contribution in [0.3, 0.4) is 0 Å². The lowest BCUT2D eigenvalue weighted by molar-refractivity contribution is -0.121. The first-order valence-electron chi connectivity index (χ1n) is 6.12. The van der Waals surface area contributed by atoms with Crippen molar-refractivity contribution in [3.63, 3.8) is 0 Å². The van der Waals surface area contributed by atoms with E-state index in [9.17, 15) is 9.18 Å². The molecule has 100 valence electrons. The maximum atomic E-state index is 12.9. The van der Waals surface area contributed by atoms with Crippen LogP contribution in [-0.2, 0) is 17.6 Å². The minimum absolute atomic E-state index is 0.00576. The topological polar surface area (TPSA) is 42.0 Å². The normalized spacial score (nSPS) is 10.4. The number of hydrogen-bond donors (Lipinski definition) is 1. The van der Waals surface area contributed by atoms with Gasteiger partial charge in [-0.3, -0.25) is 9.78 Å². The van der Waals surface area contributed by atoms with E-state index in [1.165, 1.54) is 12.1 Å². The number of amides is 1. The van der Waals surface area contributed by atoms with E-state index in [1.807, 2.05) is 12.3 Å². The van der Waals surface area contributed by atoms with Gasteiger partial charge in [-0.05, 0) is 24.1 Å². The van der Waals surface area contributed by atoms with Gasteiger partial charge in [-0.1, -0.05) is 12.1 Å². The highest BCUT2D eigenvalue weighted by molar-refractivity contribution is 7.09. The van der Waals surface area contributed by atoms with Crippen molar-refractivity contribution in [2.75, 3.05) is 6.54 Å². The van der Waals surface area contributed by atoms with E-state index >= 15 is 0 Å². The van der Waals surface area contributed by atoms with Crippen LogP contribution in [0.5, 0.6) is 0 Å². The second-order valence-corrected chi connectivity index (χ2v) is 5.17. The van der Waals surface area contributed by atoms with Gasteiger partial charge in [0.25, 0.3) is 0 Å².